The molecular weight excluding hydrogens is 416 g/mol. The summed E-state index contributed by atoms with van der Waals surface area (Å²) in [5.41, 5.74) is 3.65. The molecular formula is C27H26N2O4. The fourth-order valence-electron chi connectivity index (χ4n) is 4.13. The number of rotatable bonds is 5. The first-order valence-corrected chi connectivity index (χ1v) is 10.6. The van der Waals surface area contributed by atoms with Crippen LogP contribution in [0.15, 0.2) is 78.4 Å². The SMILES string of the molecule is COc1ccccc1/C(O)=C1\C(=O)C(=O)N(c2cccc(C)c2)C1c1ccc(N(C)C)cc1. The average Bonchev–Trinajstić information content (AvgIpc) is 3.09. The van der Waals surface area contributed by atoms with Gasteiger partial charge in [0.05, 0.1) is 24.3 Å². The molecule has 1 atom stereocenters. The van der Waals surface area contributed by atoms with Gasteiger partial charge in [0.1, 0.15) is 11.5 Å². The monoisotopic (exact) mass is 442 g/mol. The summed E-state index contributed by atoms with van der Waals surface area (Å²) >= 11 is 0. The Bertz CT molecular complexity index is 1240. The normalized spacial score (nSPS) is 17.3. The van der Waals surface area contributed by atoms with Gasteiger partial charge in [0.2, 0.25) is 0 Å². The molecule has 3 aromatic rings. The van der Waals surface area contributed by atoms with E-state index in [1.807, 2.05) is 68.4 Å². The maximum Gasteiger partial charge on any atom is 0.300 e. The number of Topliss-reactive ketones (excluding diaryl/α,β-unsaturated/α-hetero) is 1. The van der Waals surface area contributed by atoms with Crippen molar-refractivity contribution in [1.82, 2.24) is 0 Å². The van der Waals surface area contributed by atoms with Gasteiger partial charge >= 0.3 is 0 Å². The lowest BCUT2D eigenvalue weighted by Gasteiger charge is -2.26. The van der Waals surface area contributed by atoms with Crippen molar-refractivity contribution in [2.45, 2.75) is 13.0 Å². The zero-order valence-electron chi connectivity index (χ0n) is 19.1. The Labute approximate surface area is 193 Å². The van der Waals surface area contributed by atoms with E-state index >= 15 is 0 Å². The number of anilines is 2. The summed E-state index contributed by atoms with van der Waals surface area (Å²) < 4.78 is 5.39. The summed E-state index contributed by atoms with van der Waals surface area (Å²) in [7, 11) is 5.37. The van der Waals surface area contributed by atoms with Gasteiger partial charge in [-0.2, -0.15) is 0 Å². The third-order valence-corrected chi connectivity index (χ3v) is 5.81. The van der Waals surface area contributed by atoms with Gasteiger partial charge in [-0.15, -0.1) is 0 Å². The molecule has 1 aliphatic heterocycles. The number of ketones is 1. The quantitative estimate of drug-likeness (QED) is 0.353. The molecule has 1 heterocycles. The molecule has 1 aliphatic rings. The summed E-state index contributed by atoms with van der Waals surface area (Å²) in [5, 5.41) is 11.3. The van der Waals surface area contributed by atoms with Crippen LogP contribution >= 0.6 is 0 Å². The van der Waals surface area contributed by atoms with Crippen LogP contribution in [-0.4, -0.2) is 38.0 Å². The van der Waals surface area contributed by atoms with Crippen molar-refractivity contribution in [2.75, 3.05) is 31.0 Å². The van der Waals surface area contributed by atoms with Crippen molar-refractivity contribution < 1.29 is 19.4 Å². The molecule has 0 radical (unpaired) electrons. The van der Waals surface area contributed by atoms with E-state index in [1.54, 1.807) is 30.3 Å². The smallest absolute Gasteiger partial charge is 0.300 e. The first-order valence-electron chi connectivity index (χ1n) is 10.6. The predicted molar refractivity (Wildman–Crippen MR) is 130 cm³/mol. The van der Waals surface area contributed by atoms with Gasteiger partial charge < -0.3 is 14.7 Å². The van der Waals surface area contributed by atoms with Crippen LogP contribution in [0.25, 0.3) is 5.76 Å². The second-order valence-electron chi connectivity index (χ2n) is 8.19. The second kappa shape index (κ2) is 8.82. The van der Waals surface area contributed by atoms with Crippen molar-refractivity contribution in [3.63, 3.8) is 0 Å². The van der Waals surface area contributed by atoms with Gasteiger partial charge in [0.25, 0.3) is 11.7 Å². The van der Waals surface area contributed by atoms with Gasteiger partial charge in [-0.05, 0) is 54.4 Å². The number of hydrogen-bond acceptors (Lipinski definition) is 5. The standard InChI is InChI=1S/C27H26N2O4/c1-17-8-7-9-20(16-17)29-24(18-12-14-19(15-13-18)28(2)3)23(26(31)27(29)32)25(30)21-10-5-6-11-22(21)33-4/h5-16,24,30H,1-4H3/b25-23+. The predicted octanol–water partition coefficient (Wildman–Crippen LogP) is 4.70. The van der Waals surface area contributed by atoms with Crippen LogP contribution in [0.3, 0.4) is 0 Å². The van der Waals surface area contributed by atoms with Crippen LogP contribution in [0.1, 0.15) is 22.7 Å². The van der Waals surface area contributed by atoms with Crippen LogP contribution in [-0.2, 0) is 9.59 Å². The number of aryl methyl sites for hydroxylation is 1. The van der Waals surface area contributed by atoms with E-state index in [0.717, 1.165) is 16.8 Å². The lowest BCUT2D eigenvalue weighted by molar-refractivity contribution is -0.132. The zero-order valence-corrected chi connectivity index (χ0v) is 19.1. The Morgan fingerprint density at radius 3 is 2.30 bits per heavy atom. The number of ether oxygens (including phenoxy) is 1. The van der Waals surface area contributed by atoms with Crippen molar-refractivity contribution in [3.05, 3.63) is 95.1 Å². The topological polar surface area (TPSA) is 70.1 Å². The van der Waals surface area contributed by atoms with E-state index in [1.165, 1.54) is 12.0 Å². The summed E-state index contributed by atoms with van der Waals surface area (Å²) in [6.07, 6.45) is 0. The van der Waals surface area contributed by atoms with Crippen LogP contribution in [0.5, 0.6) is 5.75 Å². The summed E-state index contributed by atoms with van der Waals surface area (Å²) in [6, 6.07) is 21.1. The van der Waals surface area contributed by atoms with E-state index in [2.05, 4.69) is 0 Å². The Morgan fingerprint density at radius 2 is 1.67 bits per heavy atom. The Morgan fingerprint density at radius 1 is 0.970 bits per heavy atom. The molecule has 1 fully saturated rings. The van der Waals surface area contributed by atoms with Crippen LogP contribution in [0.4, 0.5) is 11.4 Å². The fraction of sp³-hybridized carbons (Fsp3) is 0.185. The van der Waals surface area contributed by atoms with Crippen LogP contribution in [0.2, 0.25) is 0 Å². The van der Waals surface area contributed by atoms with E-state index < -0.39 is 17.7 Å². The minimum Gasteiger partial charge on any atom is -0.507 e. The highest BCUT2D eigenvalue weighted by atomic mass is 16.5. The number of aliphatic hydroxyl groups is 1. The number of aliphatic hydroxyl groups excluding tert-OH is 1. The third kappa shape index (κ3) is 3.96. The Kier molecular flexibility index (Phi) is 5.92. The third-order valence-electron chi connectivity index (χ3n) is 5.81. The van der Waals surface area contributed by atoms with E-state index in [-0.39, 0.29) is 11.3 Å². The maximum absolute atomic E-state index is 13.3. The lowest BCUT2D eigenvalue weighted by atomic mass is 9.94. The summed E-state index contributed by atoms with van der Waals surface area (Å²) in [4.78, 5) is 30.0. The first kappa shape index (κ1) is 22.1. The number of methoxy groups -OCH3 is 1. The van der Waals surface area contributed by atoms with Crippen LogP contribution in [0, 0.1) is 6.92 Å². The molecule has 1 amide bonds. The molecule has 1 N–H and O–H groups in total. The van der Waals surface area contributed by atoms with Gasteiger partial charge in [0.15, 0.2) is 0 Å². The minimum absolute atomic E-state index is 0.0311. The van der Waals surface area contributed by atoms with E-state index in [0.29, 0.717) is 17.0 Å². The molecule has 1 unspecified atom stereocenters. The van der Waals surface area contributed by atoms with Gasteiger partial charge in [-0.3, -0.25) is 14.5 Å². The van der Waals surface area contributed by atoms with Crippen molar-refractivity contribution in [3.8, 4) is 5.75 Å². The number of hydrogen-bond donors (Lipinski definition) is 1. The van der Waals surface area contributed by atoms with Crippen molar-refractivity contribution in [1.29, 1.82) is 0 Å². The van der Waals surface area contributed by atoms with Crippen molar-refractivity contribution in [2.24, 2.45) is 0 Å². The Hall–Kier alpha value is -4.06. The van der Waals surface area contributed by atoms with Crippen LogP contribution < -0.4 is 14.5 Å². The molecule has 6 nitrogen and oxygen atoms in total. The zero-order chi connectivity index (χ0) is 23.7. The van der Waals surface area contributed by atoms with E-state index in [4.69, 9.17) is 4.74 Å². The Balaban J connectivity index is 1.96. The first-order chi connectivity index (χ1) is 15.8. The summed E-state index contributed by atoms with van der Waals surface area (Å²) in [6.45, 7) is 1.93. The van der Waals surface area contributed by atoms with Gasteiger partial charge in [0, 0.05) is 25.5 Å². The highest BCUT2D eigenvalue weighted by molar-refractivity contribution is 6.51. The maximum atomic E-state index is 13.3. The highest BCUT2D eigenvalue weighted by Crippen LogP contribution is 2.43. The molecule has 4 rings (SSSR count). The number of carbonyl (C=O) groups is 2. The molecule has 0 aliphatic carbocycles. The largest absolute Gasteiger partial charge is 0.507 e. The molecule has 168 valence electrons. The van der Waals surface area contributed by atoms with E-state index in [9.17, 15) is 14.7 Å². The summed E-state index contributed by atoms with van der Waals surface area (Å²) in [5.74, 6) is -1.26. The number of amides is 1. The number of carbonyl (C=O) groups excluding carboxylic acids is 2. The average molecular weight is 443 g/mol. The second-order valence-corrected chi connectivity index (χ2v) is 8.19. The number of nitrogens with zero attached hydrogens (tertiary/aromatic N) is 2. The highest BCUT2D eigenvalue weighted by Gasteiger charge is 2.47. The van der Waals surface area contributed by atoms with Crippen molar-refractivity contribution >= 4 is 28.8 Å². The molecule has 3 aromatic carbocycles. The van der Waals surface area contributed by atoms with Gasteiger partial charge in [-0.1, -0.05) is 36.4 Å². The molecule has 6 heteroatoms. The lowest BCUT2D eigenvalue weighted by Crippen LogP contribution is -2.29. The molecule has 0 aromatic heterocycles. The number of benzene rings is 3. The number of para-hydroxylation sites is 1. The minimum atomic E-state index is -0.784. The molecule has 0 saturated carbocycles. The molecule has 0 spiro atoms. The fourth-order valence-corrected chi connectivity index (χ4v) is 4.13. The molecule has 1 saturated heterocycles. The van der Waals surface area contributed by atoms with Gasteiger partial charge in [-0.25, -0.2) is 0 Å². The molecule has 33 heavy (non-hydrogen) atoms. The molecule has 0 bridgehead atoms.